The summed E-state index contributed by atoms with van der Waals surface area (Å²) in [6.07, 6.45) is 0. The lowest BCUT2D eigenvalue weighted by atomic mass is 10.5. The summed E-state index contributed by atoms with van der Waals surface area (Å²) in [4.78, 5) is 8.26. The molecule has 0 aliphatic heterocycles. The predicted molar refractivity (Wildman–Crippen MR) is 74.2 cm³/mol. The molecule has 0 atom stereocenters. The molecule has 1 rings (SSSR count). The van der Waals surface area contributed by atoms with Crippen molar-refractivity contribution in [3.63, 3.8) is 0 Å². The van der Waals surface area contributed by atoms with Gasteiger partial charge in [-0.1, -0.05) is 45.3 Å². The molecule has 0 aromatic carbocycles. The topological polar surface area (TPSA) is 24.9 Å². The molecule has 15 heavy (non-hydrogen) atoms. The standard InChI is InChI=1S/C11H22N2Si2/c1-14(2,3)11-9-7-8-10(12-11)13-15(4,5)6/h7-9H,1-6H3,(H,12,13). The van der Waals surface area contributed by atoms with Gasteiger partial charge in [0, 0.05) is 5.32 Å². The summed E-state index contributed by atoms with van der Waals surface area (Å²) in [7, 11) is -2.55. The van der Waals surface area contributed by atoms with Crippen LogP contribution in [0.5, 0.6) is 0 Å². The third-order valence-electron chi connectivity index (χ3n) is 2.02. The fourth-order valence-corrected chi connectivity index (χ4v) is 3.27. The van der Waals surface area contributed by atoms with Gasteiger partial charge in [-0.05, 0) is 12.1 Å². The molecule has 0 radical (unpaired) electrons. The summed E-state index contributed by atoms with van der Waals surface area (Å²) in [5.41, 5.74) is 0. The second-order valence-electron chi connectivity index (χ2n) is 6.03. The minimum Gasteiger partial charge on any atom is -0.396 e. The van der Waals surface area contributed by atoms with Crippen molar-refractivity contribution in [1.82, 2.24) is 4.98 Å². The lowest BCUT2D eigenvalue weighted by Gasteiger charge is -2.21. The fraction of sp³-hybridized carbons (Fsp3) is 0.545. The van der Waals surface area contributed by atoms with Crippen molar-refractivity contribution < 1.29 is 0 Å². The van der Waals surface area contributed by atoms with E-state index in [9.17, 15) is 0 Å². The van der Waals surface area contributed by atoms with Crippen molar-refractivity contribution in [1.29, 1.82) is 0 Å². The van der Waals surface area contributed by atoms with E-state index in [1.54, 1.807) is 0 Å². The van der Waals surface area contributed by atoms with Crippen molar-refractivity contribution in [2.45, 2.75) is 39.3 Å². The molecular formula is C11H22N2Si2. The number of aromatic nitrogens is 1. The average molecular weight is 238 g/mol. The Kier molecular flexibility index (Phi) is 3.40. The first kappa shape index (κ1) is 12.5. The van der Waals surface area contributed by atoms with Crippen LogP contribution in [0.25, 0.3) is 0 Å². The third-order valence-corrected chi connectivity index (χ3v) is 4.84. The molecule has 0 bridgehead atoms. The largest absolute Gasteiger partial charge is 0.396 e. The van der Waals surface area contributed by atoms with Crippen LogP contribution in [0.4, 0.5) is 5.82 Å². The maximum Gasteiger partial charge on any atom is 0.145 e. The molecule has 0 aliphatic rings. The van der Waals surface area contributed by atoms with Crippen LogP contribution in [0.3, 0.4) is 0 Å². The summed E-state index contributed by atoms with van der Waals surface area (Å²) in [5, 5.41) is 1.28. The number of hydrogen-bond acceptors (Lipinski definition) is 2. The van der Waals surface area contributed by atoms with Gasteiger partial charge in [0.05, 0.1) is 0 Å². The maximum atomic E-state index is 4.71. The highest BCUT2D eigenvalue weighted by atomic mass is 28.3. The summed E-state index contributed by atoms with van der Waals surface area (Å²) >= 11 is 0. The number of pyridine rings is 1. The van der Waals surface area contributed by atoms with Crippen LogP contribution < -0.4 is 10.3 Å². The molecule has 0 amide bonds. The Bertz CT molecular complexity index is 337. The molecule has 0 spiro atoms. The van der Waals surface area contributed by atoms with Gasteiger partial charge in [-0.2, -0.15) is 0 Å². The van der Waals surface area contributed by atoms with Crippen LogP contribution >= 0.6 is 0 Å². The van der Waals surface area contributed by atoms with Crippen LogP contribution in [-0.4, -0.2) is 21.3 Å². The van der Waals surface area contributed by atoms with E-state index in [-0.39, 0.29) is 0 Å². The van der Waals surface area contributed by atoms with Crippen LogP contribution in [0.2, 0.25) is 39.3 Å². The number of nitrogens with zero attached hydrogens (tertiary/aromatic N) is 1. The molecule has 1 aromatic heterocycles. The van der Waals surface area contributed by atoms with Gasteiger partial charge in [-0.15, -0.1) is 0 Å². The fourth-order valence-electron chi connectivity index (χ4n) is 1.31. The maximum absolute atomic E-state index is 4.71. The Hall–Kier alpha value is -0.616. The molecule has 1 heterocycles. The Balaban J connectivity index is 2.94. The third kappa shape index (κ3) is 4.17. The minimum atomic E-state index is -1.28. The number of anilines is 1. The second kappa shape index (κ2) is 4.10. The minimum absolute atomic E-state index is 1.05. The van der Waals surface area contributed by atoms with Crippen molar-refractivity contribution >= 4 is 27.4 Å². The molecule has 0 unspecified atom stereocenters. The van der Waals surface area contributed by atoms with Crippen LogP contribution in [0, 0.1) is 0 Å². The van der Waals surface area contributed by atoms with Gasteiger partial charge in [-0.25, -0.2) is 4.98 Å². The van der Waals surface area contributed by atoms with Gasteiger partial charge in [0.25, 0.3) is 0 Å². The molecule has 0 saturated carbocycles. The summed E-state index contributed by atoms with van der Waals surface area (Å²) in [6.45, 7) is 13.8. The van der Waals surface area contributed by atoms with Crippen LogP contribution in [0.1, 0.15) is 0 Å². The highest BCUT2D eigenvalue weighted by Crippen LogP contribution is 2.09. The lowest BCUT2D eigenvalue weighted by molar-refractivity contribution is 1.34. The highest BCUT2D eigenvalue weighted by molar-refractivity contribution is 6.88. The zero-order valence-corrected chi connectivity index (χ0v) is 12.7. The van der Waals surface area contributed by atoms with Crippen molar-refractivity contribution in [2.75, 3.05) is 4.98 Å². The lowest BCUT2D eigenvalue weighted by Crippen LogP contribution is -2.41. The van der Waals surface area contributed by atoms with Gasteiger partial charge >= 0.3 is 0 Å². The summed E-state index contributed by atoms with van der Waals surface area (Å²) in [5.74, 6) is 1.05. The SMILES string of the molecule is C[Si](C)(C)Nc1cccc([Si](C)(C)C)n1. The van der Waals surface area contributed by atoms with E-state index >= 15 is 0 Å². The number of nitrogens with one attached hydrogen (secondary N) is 1. The monoisotopic (exact) mass is 238 g/mol. The van der Waals surface area contributed by atoms with E-state index in [0.29, 0.717) is 0 Å². The van der Waals surface area contributed by atoms with Crippen molar-refractivity contribution in [3.8, 4) is 0 Å². The average Bonchev–Trinajstić information content (AvgIpc) is 1.99. The smallest absolute Gasteiger partial charge is 0.145 e. The highest BCUT2D eigenvalue weighted by Gasteiger charge is 2.19. The first-order valence-electron chi connectivity index (χ1n) is 5.44. The Morgan fingerprint density at radius 3 is 2.07 bits per heavy atom. The van der Waals surface area contributed by atoms with E-state index in [2.05, 4.69) is 62.5 Å². The molecule has 2 nitrogen and oxygen atoms in total. The van der Waals surface area contributed by atoms with E-state index in [4.69, 9.17) is 4.98 Å². The van der Waals surface area contributed by atoms with Crippen molar-refractivity contribution in [2.24, 2.45) is 0 Å². The van der Waals surface area contributed by atoms with Gasteiger partial charge in [0.15, 0.2) is 0 Å². The predicted octanol–water partition coefficient (Wildman–Crippen LogP) is 2.87. The molecule has 0 fully saturated rings. The second-order valence-corrected chi connectivity index (χ2v) is 15.8. The van der Waals surface area contributed by atoms with Gasteiger partial charge < -0.3 is 4.98 Å². The van der Waals surface area contributed by atoms with Crippen LogP contribution in [0.15, 0.2) is 18.2 Å². The zero-order valence-electron chi connectivity index (χ0n) is 10.7. The van der Waals surface area contributed by atoms with Gasteiger partial charge in [0.1, 0.15) is 22.1 Å². The van der Waals surface area contributed by atoms with Gasteiger partial charge in [0.2, 0.25) is 0 Å². The Labute approximate surface area is 95.2 Å². The Morgan fingerprint density at radius 1 is 1.00 bits per heavy atom. The Morgan fingerprint density at radius 2 is 1.60 bits per heavy atom. The zero-order chi connectivity index (χ0) is 11.7. The number of rotatable bonds is 3. The molecule has 84 valence electrons. The quantitative estimate of drug-likeness (QED) is 0.819. The first-order valence-corrected chi connectivity index (χ1v) is 12.4. The van der Waals surface area contributed by atoms with E-state index in [1.807, 2.05) is 0 Å². The molecule has 1 N–H and O–H groups in total. The van der Waals surface area contributed by atoms with E-state index in [1.165, 1.54) is 5.32 Å². The first-order chi connectivity index (χ1) is 6.68. The molecular weight excluding hydrogens is 216 g/mol. The van der Waals surface area contributed by atoms with Crippen molar-refractivity contribution in [3.05, 3.63) is 18.2 Å². The van der Waals surface area contributed by atoms with E-state index < -0.39 is 16.3 Å². The van der Waals surface area contributed by atoms with Gasteiger partial charge in [-0.3, -0.25) is 0 Å². The number of hydrogen-bond donors (Lipinski definition) is 1. The molecule has 4 heteroatoms. The summed E-state index contributed by atoms with van der Waals surface area (Å²) < 4.78 is 0. The normalized spacial score (nSPS) is 12.7. The summed E-state index contributed by atoms with van der Waals surface area (Å²) in [6, 6.07) is 6.34. The molecule has 0 aliphatic carbocycles. The molecule has 0 saturated heterocycles. The van der Waals surface area contributed by atoms with Crippen LogP contribution in [-0.2, 0) is 0 Å². The molecule has 1 aromatic rings. The van der Waals surface area contributed by atoms with E-state index in [0.717, 1.165) is 5.82 Å².